The molecule has 2 saturated heterocycles. The largest absolute Gasteiger partial charge is 0.490 e. The molecule has 3 aromatic heterocycles. The number of hydrogen-bond acceptors (Lipinski definition) is 13. The molecule has 73 heavy (non-hydrogen) atoms. The maximum Gasteiger partial charge on any atom is 0.355 e. The van der Waals surface area contributed by atoms with E-state index in [0.29, 0.717) is 61.0 Å². The molecule has 3 amide bonds. The lowest BCUT2D eigenvalue weighted by molar-refractivity contribution is -0.134. The Morgan fingerprint density at radius 1 is 0.836 bits per heavy atom. The number of hydrogen-bond donors (Lipinski definition) is 3. The number of para-hydroxylation sites is 2. The molecule has 4 aromatic carbocycles. The second kappa shape index (κ2) is 20.4. The molecule has 6 heterocycles. The third-order valence-electron chi connectivity index (χ3n) is 15.2. The number of carbonyl (C=O) groups excluding carboxylic acids is 3. The van der Waals surface area contributed by atoms with Crippen molar-refractivity contribution in [2.24, 2.45) is 7.05 Å². The molecule has 3 N–H and O–H groups in total. The van der Waals surface area contributed by atoms with E-state index in [1.807, 2.05) is 108 Å². The van der Waals surface area contributed by atoms with Gasteiger partial charge in [-0.3, -0.25) is 34.6 Å². The number of aromatic carboxylic acids is 1. The number of piperidine rings is 1. The molecule has 1 unspecified atom stereocenters. The Morgan fingerprint density at radius 3 is 2.41 bits per heavy atom. The number of ether oxygens (including phenoxy) is 2. The van der Waals surface area contributed by atoms with Crippen molar-refractivity contribution in [3.63, 3.8) is 0 Å². The summed E-state index contributed by atoms with van der Waals surface area (Å²) in [6.45, 7) is 9.40. The highest BCUT2D eigenvalue weighted by Crippen LogP contribution is 2.38. The van der Waals surface area contributed by atoms with Gasteiger partial charge < -0.3 is 24.4 Å². The van der Waals surface area contributed by atoms with Crippen LogP contribution in [0, 0.1) is 6.92 Å². The average Bonchev–Trinajstić information content (AvgIpc) is 3.98. The smallest absolute Gasteiger partial charge is 0.355 e. The van der Waals surface area contributed by atoms with Crippen LogP contribution < -0.4 is 25.2 Å². The quantitative estimate of drug-likeness (QED) is 0.0936. The number of aromatic nitrogens is 4. The van der Waals surface area contributed by atoms with E-state index in [-0.39, 0.29) is 41.7 Å². The highest BCUT2D eigenvalue weighted by atomic mass is 32.1. The number of nitrogens with zero attached hydrogens (tertiary/aromatic N) is 7. The summed E-state index contributed by atoms with van der Waals surface area (Å²) in [6.07, 6.45) is 5.13. The fourth-order valence-corrected chi connectivity index (χ4v) is 12.1. The Morgan fingerprint density at radius 2 is 1.62 bits per heavy atom. The van der Waals surface area contributed by atoms with Crippen LogP contribution in [-0.2, 0) is 34.3 Å². The number of fused-ring (bicyclic) bond motifs is 3. The van der Waals surface area contributed by atoms with E-state index in [0.717, 1.165) is 112 Å². The molecule has 17 heteroatoms. The Labute approximate surface area is 427 Å². The third kappa shape index (κ3) is 9.76. The first-order chi connectivity index (χ1) is 35.4. The molecule has 2 atom stereocenters. The number of rotatable bonds is 13. The van der Waals surface area contributed by atoms with Gasteiger partial charge in [-0.1, -0.05) is 59.9 Å². The van der Waals surface area contributed by atoms with Crippen LogP contribution in [0.4, 0.5) is 16.6 Å². The first kappa shape index (κ1) is 48.1. The molecule has 3 aliphatic heterocycles. The van der Waals surface area contributed by atoms with Gasteiger partial charge in [0.15, 0.2) is 10.8 Å². The number of imide groups is 1. The lowest BCUT2D eigenvalue weighted by Gasteiger charge is -2.40. The van der Waals surface area contributed by atoms with Crippen LogP contribution in [0.15, 0.2) is 91.0 Å². The second-order valence-electron chi connectivity index (χ2n) is 19.8. The van der Waals surface area contributed by atoms with Gasteiger partial charge in [0.05, 0.1) is 51.8 Å². The summed E-state index contributed by atoms with van der Waals surface area (Å²) in [5.41, 5.74) is 8.30. The van der Waals surface area contributed by atoms with E-state index in [2.05, 4.69) is 38.4 Å². The van der Waals surface area contributed by atoms with Gasteiger partial charge in [0, 0.05) is 75.3 Å². The van der Waals surface area contributed by atoms with Gasteiger partial charge in [0.2, 0.25) is 11.8 Å². The molecule has 3 fully saturated rings. The fourth-order valence-electron chi connectivity index (χ4n) is 11.2. The van der Waals surface area contributed by atoms with Crippen molar-refractivity contribution in [1.82, 2.24) is 30.0 Å². The second-order valence-corrected chi connectivity index (χ2v) is 20.8. The summed E-state index contributed by atoms with van der Waals surface area (Å²) in [6, 6.07) is 29.5. The van der Waals surface area contributed by atoms with Gasteiger partial charge in [-0.05, 0) is 117 Å². The molecule has 7 aromatic rings. The summed E-state index contributed by atoms with van der Waals surface area (Å²) in [7, 11) is 1.93. The van der Waals surface area contributed by atoms with Gasteiger partial charge in [-0.2, -0.15) is 5.10 Å². The number of aryl methyl sites for hydroxylation is 1. The van der Waals surface area contributed by atoms with Crippen molar-refractivity contribution in [2.45, 2.75) is 89.5 Å². The predicted octanol–water partition coefficient (Wildman–Crippen LogP) is 8.50. The monoisotopic (exact) mass is 1000 g/mol. The highest BCUT2D eigenvalue weighted by molar-refractivity contribution is 7.22. The van der Waals surface area contributed by atoms with E-state index < -0.39 is 11.9 Å². The number of thiazole rings is 1. The molecule has 0 radical (unpaired) electrons. The number of benzene rings is 4. The zero-order valence-corrected chi connectivity index (χ0v) is 42.1. The average molecular weight is 1000 g/mol. The Kier molecular flexibility index (Phi) is 13.4. The van der Waals surface area contributed by atoms with Gasteiger partial charge >= 0.3 is 5.97 Å². The molecule has 0 bridgehead atoms. The van der Waals surface area contributed by atoms with Crippen LogP contribution in [0.1, 0.15) is 94.6 Å². The Balaban J connectivity index is 0.680. The fraction of sp³-hybridized carbons (Fsp3) is 0.375. The van der Waals surface area contributed by atoms with E-state index in [1.54, 1.807) is 0 Å². The number of carbonyl (C=O) groups is 4. The number of carboxylic acids is 1. The van der Waals surface area contributed by atoms with Crippen LogP contribution in [0.25, 0.3) is 32.2 Å². The molecule has 0 spiro atoms. The summed E-state index contributed by atoms with van der Waals surface area (Å²) in [5.74, 6) is -1.02. The van der Waals surface area contributed by atoms with Crippen molar-refractivity contribution >= 4 is 72.8 Å². The van der Waals surface area contributed by atoms with Crippen molar-refractivity contribution in [2.75, 3.05) is 54.4 Å². The molecular weight excluding hydrogens is 943 g/mol. The van der Waals surface area contributed by atoms with Crippen LogP contribution in [0.5, 0.6) is 5.75 Å². The maximum absolute atomic E-state index is 13.7. The van der Waals surface area contributed by atoms with Gasteiger partial charge in [-0.15, -0.1) is 0 Å². The maximum atomic E-state index is 13.7. The Bertz CT molecular complexity index is 3230. The zero-order chi connectivity index (χ0) is 50.3. The molecule has 16 nitrogen and oxygen atoms in total. The minimum Gasteiger partial charge on any atom is -0.490 e. The number of nitrogens with one attached hydrogen (secondary N) is 2. The first-order valence-corrected chi connectivity index (χ1v) is 26.2. The number of pyridine rings is 1. The Hall–Kier alpha value is -7.21. The first-order valence-electron chi connectivity index (χ1n) is 25.4. The van der Waals surface area contributed by atoms with Crippen LogP contribution in [0.3, 0.4) is 0 Å². The lowest BCUT2D eigenvalue weighted by Crippen LogP contribution is -2.51. The van der Waals surface area contributed by atoms with Gasteiger partial charge in [-0.25, -0.2) is 14.8 Å². The number of amides is 3. The van der Waals surface area contributed by atoms with E-state index in [9.17, 15) is 24.3 Å². The molecule has 376 valence electrons. The molecule has 11 rings (SSSR count). The topological polar surface area (TPSA) is 184 Å². The van der Waals surface area contributed by atoms with E-state index in [4.69, 9.17) is 19.6 Å². The van der Waals surface area contributed by atoms with Crippen molar-refractivity contribution in [1.29, 1.82) is 0 Å². The number of piperazine rings is 1. The van der Waals surface area contributed by atoms with Crippen LogP contribution >= 0.6 is 11.3 Å². The summed E-state index contributed by atoms with van der Waals surface area (Å²) < 4.78 is 16.1. The van der Waals surface area contributed by atoms with E-state index in [1.165, 1.54) is 11.3 Å². The van der Waals surface area contributed by atoms with Crippen molar-refractivity contribution in [3.05, 3.63) is 125 Å². The number of anilines is 3. The normalized spacial score (nSPS) is 20.0. The highest BCUT2D eigenvalue weighted by Gasteiger charge is 2.34. The summed E-state index contributed by atoms with van der Waals surface area (Å²) >= 11 is 1.43. The minimum absolute atomic E-state index is 0.0119. The minimum atomic E-state index is -1.12. The standard InChI is InChI=1S/C56H59N9O7S/c1-33(63-27-29-64(30-28-63)45-14-7-12-41-50(61-62(3)52(41)45)42-22-24-49(66)59-54(42)68)32-71-36-17-19-37(20-18-36)72-46-15-8-10-38(34(46)2)39-21-23-48(58-51(39)55(69)70)65-26-25-35-9-6-11-40(43(35)31-65)53(67)60-56-57-44-13-4-5-16-47(44)73-56/h4-16,21,23,33,36-37,42H,17-20,22,24-32H2,1-3H3,(H,69,70)(H,57,60,67)(H,59,66,68)/t33-,36?,37?,42?/m0/s1. The van der Waals surface area contributed by atoms with Crippen molar-refractivity contribution < 1.29 is 33.8 Å². The molecule has 1 aliphatic carbocycles. The molecular formula is C56H59N9O7S. The van der Waals surface area contributed by atoms with E-state index >= 15 is 0 Å². The zero-order valence-electron chi connectivity index (χ0n) is 41.3. The van der Waals surface area contributed by atoms with Crippen LogP contribution in [0.2, 0.25) is 0 Å². The molecule has 1 saturated carbocycles. The third-order valence-corrected chi connectivity index (χ3v) is 16.2. The summed E-state index contributed by atoms with van der Waals surface area (Å²) in [4.78, 5) is 67.4. The lowest BCUT2D eigenvalue weighted by atomic mass is 9.92. The predicted molar refractivity (Wildman–Crippen MR) is 282 cm³/mol. The van der Waals surface area contributed by atoms with Gasteiger partial charge in [0.25, 0.3) is 5.91 Å². The van der Waals surface area contributed by atoms with Gasteiger partial charge in [0.1, 0.15) is 11.6 Å². The molecule has 4 aliphatic rings. The van der Waals surface area contributed by atoms with Crippen molar-refractivity contribution in [3.8, 4) is 16.9 Å². The number of carboxylic acid groups (broad SMARTS) is 1. The van der Waals surface area contributed by atoms with Crippen LogP contribution in [-0.4, -0.2) is 111 Å². The summed E-state index contributed by atoms with van der Waals surface area (Å²) in [5, 5.41) is 22.3. The SMILES string of the molecule is Cc1c(OC2CCC(OC[C@H](C)N3CCN(c4cccc5c(C6CCC(=O)NC6=O)nn(C)c45)CC3)CC2)cccc1-c1ccc(N2CCc3cccc(C(=O)Nc4nc5ccccc5s4)c3C2)nc1C(=O)O.